The van der Waals surface area contributed by atoms with Gasteiger partial charge < -0.3 is 29.5 Å². The van der Waals surface area contributed by atoms with Crippen LogP contribution in [0.3, 0.4) is 0 Å². The van der Waals surface area contributed by atoms with Crippen molar-refractivity contribution in [2.75, 3.05) is 43.5 Å². The van der Waals surface area contributed by atoms with Gasteiger partial charge in [0.05, 0.1) is 17.4 Å². The first-order valence-electron chi connectivity index (χ1n) is 15.9. The summed E-state index contributed by atoms with van der Waals surface area (Å²) in [7, 11) is 1.65. The molecule has 6 rings (SSSR count). The van der Waals surface area contributed by atoms with E-state index in [1.54, 1.807) is 16.6 Å². The Morgan fingerprint density at radius 2 is 1.84 bits per heavy atom. The summed E-state index contributed by atoms with van der Waals surface area (Å²) in [6.07, 6.45) is 1.33. The molecule has 0 radical (unpaired) electrons. The van der Waals surface area contributed by atoms with Crippen LogP contribution in [0.5, 0.6) is 5.75 Å². The molecule has 1 fully saturated rings. The lowest BCUT2D eigenvalue weighted by molar-refractivity contribution is -0.137. The molecule has 4 heterocycles. The first kappa shape index (κ1) is 33.6. The molecule has 258 valence electrons. The highest BCUT2D eigenvalue weighted by atomic mass is 19.4. The molecule has 1 aromatic carbocycles. The van der Waals surface area contributed by atoms with E-state index in [-0.39, 0.29) is 61.7 Å². The second kappa shape index (κ2) is 13.7. The van der Waals surface area contributed by atoms with Gasteiger partial charge in [-0.25, -0.2) is 4.98 Å². The molecule has 49 heavy (non-hydrogen) atoms. The fraction of sp³-hybridized carbons (Fsp3) is 0.394. The number of amides is 2. The fourth-order valence-corrected chi connectivity index (χ4v) is 6.22. The average Bonchev–Trinajstić information content (AvgIpc) is 3.55. The van der Waals surface area contributed by atoms with Gasteiger partial charge in [-0.05, 0) is 67.7 Å². The van der Waals surface area contributed by atoms with Gasteiger partial charge in [0.1, 0.15) is 18.0 Å². The molecule has 2 aliphatic rings. The third-order valence-electron chi connectivity index (χ3n) is 8.81. The number of alkyl halides is 3. The van der Waals surface area contributed by atoms with E-state index in [1.807, 2.05) is 17.9 Å². The van der Waals surface area contributed by atoms with Crippen LogP contribution in [0.4, 0.5) is 24.5 Å². The Labute approximate surface area is 278 Å². The number of carbonyl (C=O) groups excluding carboxylic acids is 2. The van der Waals surface area contributed by atoms with Crippen molar-refractivity contribution >= 4 is 34.5 Å². The standard InChI is InChI=1S/C33H35F3N8O5/c1-3-24-28(41-15-17-42(18-16-41)30(47)27-25(45)5-4-14-37-27)31(48)44-32(39-29(40-44)20-6-12-23(49-2)13-7-20)43(24)19-26(46)38-22-10-8-21(9-11-22)33(34,35)36/h4-6,8-11,14,23,45H,3,7,12-13,15-19H2,1-2H3,(H,38,46)/t23-/m0/s1. The number of carbonyl (C=O) groups is 2. The number of aromatic nitrogens is 5. The molecule has 0 spiro atoms. The molecule has 1 aliphatic heterocycles. The molecule has 13 nitrogen and oxygen atoms in total. The van der Waals surface area contributed by atoms with Gasteiger partial charge in [-0.1, -0.05) is 13.0 Å². The predicted molar refractivity (Wildman–Crippen MR) is 173 cm³/mol. The maximum Gasteiger partial charge on any atom is 0.416 e. The number of methoxy groups -OCH3 is 1. The van der Waals surface area contributed by atoms with Crippen molar-refractivity contribution in [2.24, 2.45) is 0 Å². The SMILES string of the molecule is CCc1c(N2CCN(C(=O)c3ncccc3O)CC2)c(=O)n2nc(C3=CC[C@H](OC)CC3)nc2n1CC(=O)Nc1ccc(C(F)(F)F)cc1. The van der Waals surface area contributed by atoms with Crippen molar-refractivity contribution in [3.05, 3.63) is 81.8 Å². The van der Waals surface area contributed by atoms with Crippen LogP contribution in [0, 0.1) is 0 Å². The van der Waals surface area contributed by atoms with Crippen molar-refractivity contribution in [1.82, 2.24) is 29.0 Å². The van der Waals surface area contributed by atoms with Crippen LogP contribution >= 0.6 is 0 Å². The summed E-state index contributed by atoms with van der Waals surface area (Å²) in [5.74, 6) is -0.691. The third kappa shape index (κ3) is 6.86. The van der Waals surface area contributed by atoms with Crippen molar-refractivity contribution in [3.8, 4) is 5.75 Å². The second-order valence-electron chi connectivity index (χ2n) is 11.8. The maximum atomic E-state index is 14.2. The van der Waals surface area contributed by atoms with Gasteiger partial charge in [-0.3, -0.25) is 14.4 Å². The molecule has 0 bridgehead atoms. The third-order valence-corrected chi connectivity index (χ3v) is 8.81. The number of halogens is 3. The maximum absolute atomic E-state index is 14.2. The van der Waals surface area contributed by atoms with Crippen LogP contribution in [-0.4, -0.2) is 85.4 Å². The zero-order valence-electron chi connectivity index (χ0n) is 26.9. The van der Waals surface area contributed by atoms with E-state index in [0.717, 1.165) is 24.1 Å². The quantitative estimate of drug-likeness (QED) is 0.284. The van der Waals surface area contributed by atoms with Gasteiger partial charge in [0, 0.05) is 45.2 Å². The minimum atomic E-state index is -4.51. The highest BCUT2D eigenvalue weighted by Crippen LogP contribution is 2.31. The topological polar surface area (TPSA) is 147 Å². The Morgan fingerprint density at radius 1 is 1.10 bits per heavy atom. The zero-order chi connectivity index (χ0) is 34.9. The summed E-state index contributed by atoms with van der Waals surface area (Å²) in [6.45, 7) is 2.56. The monoisotopic (exact) mass is 680 g/mol. The van der Waals surface area contributed by atoms with E-state index >= 15 is 0 Å². The summed E-state index contributed by atoms with van der Waals surface area (Å²) in [5.41, 5.74) is 0.512. The number of fused-ring (bicyclic) bond motifs is 1. The van der Waals surface area contributed by atoms with E-state index in [1.165, 1.54) is 35.0 Å². The Bertz CT molecular complexity index is 1960. The van der Waals surface area contributed by atoms with Crippen LogP contribution in [0.25, 0.3) is 11.4 Å². The summed E-state index contributed by atoms with van der Waals surface area (Å²) in [5, 5.41) is 17.4. The molecule has 1 saturated heterocycles. The van der Waals surface area contributed by atoms with E-state index in [9.17, 15) is 32.7 Å². The predicted octanol–water partition coefficient (Wildman–Crippen LogP) is 3.76. The number of nitrogens with zero attached hydrogens (tertiary/aromatic N) is 7. The molecular weight excluding hydrogens is 645 g/mol. The Kier molecular flexibility index (Phi) is 9.41. The van der Waals surface area contributed by atoms with Crippen molar-refractivity contribution < 1.29 is 32.6 Å². The second-order valence-corrected chi connectivity index (χ2v) is 11.8. The van der Waals surface area contributed by atoms with Crippen molar-refractivity contribution in [2.45, 2.75) is 51.4 Å². The molecule has 1 atom stereocenters. The molecule has 0 saturated carbocycles. The van der Waals surface area contributed by atoms with Gasteiger partial charge in [0.15, 0.2) is 11.5 Å². The van der Waals surface area contributed by atoms with E-state index in [4.69, 9.17) is 9.72 Å². The van der Waals surface area contributed by atoms with Gasteiger partial charge in [0.2, 0.25) is 11.7 Å². The van der Waals surface area contributed by atoms with E-state index < -0.39 is 29.1 Å². The largest absolute Gasteiger partial charge is 0.505 e. The van der Waals surface area contributed by atoms with Crippen LogP contribution in [0.2, 0.25) is 0 Å². The molecule has 2 amide bonds. The highest BCUT2D eigenvalue weighted by Gasteiger charge is 2.32. The number of nitrogens with one attached hydrogen (secondary N) is 1. The van der Waals surface area contributed by atoms with Gasteiger partial charge in [-0.2, -0.15) is 22.7 Å². The van der Waals surface area contributed by atoms with Gasteiger partial charge >= 0.3 is 6.18 Å². The Balaban J connectivity index is 1.34. The summed E-state index contributed by atoms with van der Waals surface area (Å²) >= 11 is 0. The van der Waals surface area contributed by atoms with Crippen LogP contribution in [-0.2, 0) is 28.7 Å². The molecular formula is C33H35F3N8O5. The number of pyridine rings is 1. The van der Waals surface area contributed by atoms with E-state index in [0.29, 0.717) is 36.5 Å². The van der Waals surface area contributed by atoms with Crippen LogP contribution < -0.4 is 15.8 Å². The number of hydrogen-bond acceptors (Lipinski definition) is 9. The minimum Gasteiger partial charge on any atom is -0.505 e. The lowest BCUT2D eigenvalue weighted by Crippen LogP contribution is -2.51. The Morgan fingerprint density at radius 3 is 2.45 bits per heavy atom. The molecule has 0 unspecified atom stereocenters. The van der Waals surface area contributed by atoms with Crippen LogP contribution in [0.15, 0.2) is 53.5 Å². The molecule has 1 aliphatic carbocycles. The normalized spacial score (nSPS) is 16.9. The number of ether oxygens (including phenoxy) is 1. The highest BCUT2D eigenvalue weighted by molar-refractivity contribution is 5.95. The van der Waals surface area contributed by atoms with Gasteiger partial charge in [0.25, 0.3) is 11.5 Å². The molecule has 16 heteroatoms. The molecule has 4 aromatic rings. The smallest absolute Gasteiger partial charge is 0.416 e. The van der Waals surface area contributed by atoms with Crippen molar-refractivity contribution in [1.29, 1.82) is 0 Å². The lowest BCUT2D eigenvalue weighted by atomic mass is 9.97. The first-order chi connectivity index (χ1) is 23.5. The van der Waals surface area contributed by atoms with Crippen LogP contribution in [0.1, 0.15) is 53.8 Å². The average molecular weight is 681 g/mol. The molecule has 3 aromatic heterocycles. The summed E-state index contributed by atoms with van der Waals surface area (Å²) in [4.78, 5) is 52.8. The Hall–Kier alpha value is -5.25. The minimum absolute atomic E-state index is 0.0583. The van der Waals surface area contributed by atoms with Gasteiger partial charge in [-0.15, -0.1) is 5.10 Å². The van der Waals surface area contributed by atoms with Crippen molar-refractivity contribution in [3.63, 3.8) is 0 Å². The number of benzene rings is 1. The fourth-order valence-electron chi connectivity index (χ4n) is 6.22. The summed E-state index contributed by atoms with van der Waals surface area (Å²) < 4.78 is 47.5. The number of allylic oxidation sites excluding steroid dienone is 1. The number of rotatable bonds is 8. The number of aromatic hydroxyl groups is 1. The number of piperazine rings is 1. The molecule has 2 N–H and O–H groups in total. The van der Waals surface area contributed by atoms with E-state index in [2.05, 4.69) is 15.4 Å². The first-order valence-corrected chi connectivity index (χ1v) is 15.9. The zero-order valence-corrected chi connectivity index (χ0v) is 26.9. The summed E-state index contributed by atoms with van der Waals surface area (Å²) in [6, 6.07) is 7.05. The lowest BCUT2D eigenvalue weighted by Gasteiger charge is -2.36. The number of hydrogen-bond donors (Lipinski definition) is 2. The number of anilines is 2.